The van der Waals surface area contributed by atoms with Gasteiger partial charge in [0.1, 0.15) is 0 Å². The van der Waals surface area contributed by atoms with Crippen molar-refractivity contribution in [3.05, 3.63) is 59.2 Å². The zero-order chi connectivity index (χ0) is 21.6. The van der Waals surface area contributed by atoms with Gasteiger partial charge in [-0.3, -0.25) is 9.59 Å². The normalized spacial score (nSPS) is 17.7. The lowest BCUT2D eigenvalue weighted by Crippen LogP contribution is -2.28. The largest absolute Gasteiger partial charge is 0.398 e. The molecule has 2 amide bonds. The summed E-state index contributed by atoms with van der Waals surface area (Å²) in [6, 6.07) is 13.1. The van der Waals surface area contributed by atoms with E-state index in [-0.39, 0.29) is 11.8 Å². The fraction of sp³-hybridized carbons (Fsp3) is 0.292. The first kappa shape index (κ1) is 20.8. The van der Waals surface area contributed by atoms with Crippen LogP contribution in [0, 0.1) is 5.92 Å². The SMILES string of the molecule is Nc1cc(NC(=O)CCC2CCNCC2)cc2c1/C(=C/c1ccccc1)C=NNC2=O. The number of hydrazone groups is 1. The summed E-state index contributed by atoms with van der Waals surface area (Å²) < 4.78 is 0. The molecule has 4 rings (SSSR count). The molecule has 2 aliphatic heterocycles. The molecule has 0 unspecified atom stereocenters. The van der Waals surface area contributed by atoms with Gasteiger partial charge in [0.25, 0.3) is 5.91 Å². The van der Waals surface area contributed by atoms with Gasteiger partial charge in [0, 0.05) is 28.9 Å². The maximum Gasteiger partial charge on any atom is 0.272 e. The van der Waals surface area contributed by atoms with E-state index in [0.717, 1.165) is 43.5 Å². The van der Waals surface area contributed by atoms with E-state index in [0.29, 0.717) is 34.8 Å². The van der Waals surface area contributed by atoms with Crippen LogP contribution in [0.25, 0.3) is 11.6 Å². The Morgan fingerprint density at radius 1 is 1.19 bits per heavy atom. The van der Waals surface area contributed by atoms with Crippen LogP contribution in [-0.4, -0.2) is 31.1 Å². The van der Waals surface area contributed by atoms with E-state index in [1.165, 1.54) is 0 Å². The van der Waals surface area contributed by atoms with Gasteiger partial charge in [-0.15, -0.1) is 0 Å². The van der Waals surface area contributed by atoms with Gasteiger partial charge < -0.3 is 16.4 Å². The summed E-state index contributed by atoms with van der Waals surface area (Å²) >= 11 is 0. The maximum absolute atomic E-state index is 12.6. The topological polar surface area (TPSA) is 109 Å². The molecule has 0 aromatic heterocycles. The molecule has 0 aliphatic carbocycles. The van der Waals surface area contributed by atoms with Crippen molar-refractivity contribution in [3.8, 4) is 0 Å². The molecular formula is C24H27N5O2. The molecule has 1 saturated heterocycles. The van der Waals surface area contributed by atoms with Crippen molar-refractivity contribution in [2.24, 2.45) is 11.0 Å². The summed E-state index contributed by atoms with van der Waals surface area (Å²) in [5.74, 6) is 0.154. The molecule has 2 heterocycles. The Morgan fingerprint density at radius 3 is 2.74 bits per heavy atom. The van der Waals surface area contributed by atoms with E-state index in [9.17, 15) is 9.59 Å². The molecular weight excluding hydrogens is 390 g/mol. The standard InChI is InChI=1S/C24H27N5O2/c25-21-14-19(28-22(30)7-6-16-8-10-26-11-9-16)13-20-23(21)18(15-27-29-24(20)31)12-17-4-2-1-3-5-17/h1-5,12-16,26H,6-11,25H2,(H,28,30)(H,29,31)/b18-12+. The van der Waals surface area contributed by atoms with Crippen molar-refractivity contribution >= 4 is 41.1 Å². The lowest BCUT2D eigenvalue weighted by atomic mass is 9.93. The molecule has 2 aromatic carbocycles. The molecule has 7 nitrogen and oxygen atoms in total. The fourth-order valence-electron chi connectivity index (χ4n) is 4.09. The van der Waals surface area contributed by atoms with Crippen molar-refractivity contribution in [1.29, 1.82) is 0 Å². The Balaban J connectivity index is 1.55. The van der Waals surface area contributed by atoms with Gasteiger partial charge in [0.05, 0.1) is 11.8 Å². The van der Waals surface area contributed by atoms with Crippen LogP contribution in [0.1, 0.15) is 47.2 Å². The number of rotatable bonds is 5. The number of fused-ring (bicyclic) bond motifs is 1. The van der Waals surface area contributed by atoms with E-state index >= 15 is 0 Å². The highest BCUT2D eigenvalue weighted by atomic mass is 16.2. The van der Waals surface area contributed by atoms with Crippen LogP contribution in [-0.2, 0) is 4.79 Å². The predicted molar refractivity (Wildman–Crippen MR) is 125 cm³/mol. The first-order valence-corrected chi connectivity index (χ1v) is 10.6. The minimum absolute atomic E-state index is 0.0665. The number of amides is 2. The van der Waals surface area contributed by atoms with Gasteiger partial charge in [-0.25, -0.2) is 5.43 Å². The van der Waals surface area contributed by atoms with Crippen LogP contribution >= 0.6 is 0 Å². The Hall–Kier alpha value is -3.45. The van der Waals surface area contributed by atoms with Gasteiger partial charge in [0.2, 0.25) is 5.91 Å². The van der Waals surface area contributed by atoms with Crippen LogP contribution in [0.2, 0.25) is 0 Å². The van der Waals surface area contributed by atoms with Crippen LogP contribution in [0.3, 0.4) is 0 Å². The average Bonchev–Trinajstić information content (AvgIpc) is 2.93. The van der Waals surface area contributed by atoms with Gasteiger partial charge >= 0.3 is 0 Å². The molecule has 0 radical (unpaired) electrons. The zero-order valence-corrected chi connectivity index (χ0v) is 17.4. The minimum atomic E-state index is -0.361. The van der Waals surface area contributed by atoms with Crippen molar-refractivity contribution in [3.63, 3.8) is 0 Å². The number of carbonyl (C=O) groups is 2. The smallest absolute Gasteiger partial charge is 0.272 e. The summed E-state index contributed by atoms with van der Waals surface area (Å²) in [6.45, 7) is 2.04. The van der Waals surface area contributed by atoms with Crippen molar-refractivity contribution in [2.75, 3.05) is 24.1 Å². The number of hydrogen-bond acceptors (Lipinski definition) is 5. The third kappa shape index (κ3) is 5.19. The van der Waals surface area contributed by atoms with Crippen molar-refractivity contribution in [1.82, 2.24) is 10.7 Å². The highest BCUT2D eigenvalue weighted by Crippen LogP contribution is 2.31. The summed E-state index contributed by atoms with van der Waals surface area (Å²) in [6.07, 6.45) is 7.05. The van der Waals surface area contributed by atoms with Crippen LogP contribution in [0.15, 0.2) is 47.6 Å². The van der Waals surface area contributed by atoms with Crippen molar-refractivity contribution < 1.29 is 9.59 Å². The van der Waals surface area contributed by atoms with Crippen LogP contribution < -0.4 is 21.8 Å². The quantitative estimate of drug-likeness (QED) is 0.560. The molecule has 7 heteroatoms. The second-order valence-corrected chi connectivity index (χ2v) is 7.98. The summed E-state index contributed by atoms with van der Waals surface area (Å²) in [5, 5.41) is 10.3. The number of carbonyl (C=O) groups excluding carboxylic acids is 2. The van der Waals surface area contributed by atoms with Crippen LogP contribution in [0.4, 0.5) is 11.4 Å². The highest BCUT2D eigenvalue weighted by Gasteiger charge is 2.21. The number of allylic oxidation sites excluding steroid dienone is 1. The molecule has 2 aromatic rings. The number of nitrogens with one attached hydrogen (secondary N) is 3. The number of piperidine rings is 1. The Bertz CT molecular complexity index is 1020. The Labute approximate surface area is 181 Å². The number of nitrogens with two attached hydrogens (primary N) is 1. The van der Waals surface area contributed by atoms with E-state index in [1.807, 2.05) is 36.4 Å². The van der Waals surface area contributed by atoms with Gasteiger partial charge in [-0.05, 0) is 62.0 Å². The highest BCUT2D eigenvalue weighted by molar-refractivity contribution is 6.22. The minimum Gasteiger partial charge on any atom is -0.398 e. The Kier molecular flexibility index (Phi) is 6.43. The summed E-state index contributed by atoms with van der Waals surface area (Å²) in [7, 11) is 0. The van der Waals surface area contributed by atoms with E-state index < -0.39 is 0 Å². The monoisotopic (exact) mass is 417 g/mol. The number of benzene rings is 2. The third-order valence-electron chi connectivity index (χ3n) is 5.72. The Morgan fingerprint density at radius 2 is 1.97 bits per heavy atom. The predicted octanol–water partition coefficient (Wildman–Crippen LogP) is 3.26. The first-order chi connectivity index (χ1) is 15.1. The van der Waals surface area contributed by atoms with E-state index in [2.05, 4.69) is 21.2 Å². The molecule has 0 saturated carbocycles. The average molecular weight is 418 g/mol. The molecule has 1 fully saturated rings. The molecule has 0 atom stereocenters. The number of nitrogens with zero attached hydrogens (tertiary/aromatic N) is 1. The summed E-state index contributed by atoms with van der Waals surface area (Å²) in [5.41, 5.74) is 12.5. The van der Waals surface area contributed by atoms with Gasteiger partial charge in [0.15, 0.2) is 0 Å². The molecule has 31 heavy (non-hydrogen) atoms. The second-order valence-electron chi connectivity index (χ2n) is 7.98. The number of nitrogen functional groups attached to an aromatic ring is 1. The second kappa shape index (κ2) is 9.57. The van der Waals surface area contributed by atoms with Crippen LogP contribution in [0.5, 0.6) is 0 Å². The first-order valence-electron chi connectivity index (χ1n) is 10.6. The number of anilines is 2. The zero-order valence-electron chi connectivity index (χ0n) is 17.4. The van der Waals surface area contributed by atoms with E-state index in [1.54, 1.807) is 18.3 Å². The molecule has 160 valence electrons. The lowest BCUT2D eigenvalue weighted by molar-refractivity contribution is -0.116. The number of hydrogen-bond donors (Lipinski definition) is 4. The van der Waals surface area contributed by atoms with E-state index in [4.69, 9.17) is 5.73 Å². The maximum atomic E-state index is 12.6. The van der Waals surface area contributed by atoms with Crippen molar-refractivity contribution in [2.45, 2.75) is 25.7 Å². The van der Waals surface area contributed by atoms with Gasteiger partial charge in [-0.2, -0.15) is 5.10 Å². The fourth-order valence-corrected chi connectivity index (χ4v) is 4.09. The molecule has 0 bridgehead atoms. The lowest BCUT2D eigenvalue weighted by Gasteiger charge is -2.22. The molecule has 5 N–H and O–H groups in total. The molecule has 2 aliphatic rings. The summed E-state index contributed by atoms with van der Waals surface area (Å²) in [4.78, 5) is 25.1. The molecule has 0 spiro atoms. The third-order valence-corrected chi connectivity index (χ3v) is 5.72. The van der Waals surface area contributed by atoms with Gasteiger partial charge in [-0.1, -0.05) is 30.3 Å².